The van der Waals surface area contributed by atoms with Gasteiger partial charge in [-0.15, -0.1) is 0 Å². The van der Waals surface area contributed by atoms with E-state index in [4.69, 9.17) is 21.7 Å². The van der Waals surface area contributed by atoms with E-state index in [9.17, 15) is 9.59 Å². The molecule has 2 aromatic rings. The molecule has 0 aromatic heterocycles. The fourth-order valence-electron chi connectivity index (χ4n) is 1.83. The van der Waals surface area contributed by atoms with E-state index in [0.29, 0.717) is 21.5 Å². The second kappa shape index (κ2) is 9.73. The maximum absolute atomic E-state index is 12.1. The van der Waals surface area contributed by atoms with Crippen LogP contribution in [0.25, 0.3) is 0 Å². The molecule has 3 N–H and O–H groups in total. The lowest BCUT2D eigenvalue weighted by Crippen LogP contribution is -2.49. The second-order valence-corrected chi connectivity index (χ2v) is 6.16. The predicted molar refractivity (Wildman–Crippen MR) is 104 cm³/mol. The van der Waals surface area contributed by atoms with Crippen molar-refractivity contribution >= 4 is 45.1 Å². The Balaban J connectivity index is 1.73. The van der Waals surface area contributed by atoms with Crippen molar-refractivity contribution in [1.82, 2.24) is 16.2 Å². The molecule has 0 fully saturated rings. The van der Waals surface area contributed by atoms with Gasteiger partial charge in [0.1, 0.15) is 11.5 Å². The molecule has 2 rings (SSSR count). The predicted octanol–water partition coefficient (Wildman–Crippen LogP) is 2.17. The molecule has 0 aliphatic heterocycles. The van der Waals surface area contributed by atoms with Gasteiger partial charge < -0.3 is 9.47 Å². The Labute approximate surface area is 164 Å². The molecule has 0 saturated carbocycles. The highest BCUT2D eigenvalue weighted by Crippen LogP contribution is 2.17. The molecule has 0 radical (unpaired) electrons. The van der Waals surface area contributed by atoms with Crippen molar-refractivity contribution in [3.63, 3.8) is 0 Å². The van der Waals surface area contributed by atoms with Crippen LogP contribution in [0, 0.1) is 0 Å². The molecule has 0 atom stereocenters. The second-order valence-electron chi connectivity index (χ2n) is 4.90. The van der Waals surface area contributed by atoms with Crippen LogP contribution in [0.4, 0.5) is 0 Å². The van der Waals surface area contributed by atoms with E-state index >= 15 is 0 Å². The third-order valence-electron chi connectivity index (χ3n) is 3.09. The Morgan fingerprint density at radius 2 is 1.69 bits per heavy atom. The summed E-state index contributed by atoms with van der Waals surface area (Å²) in [6.45, 7) is -0.222. The summed E-state index contributed by atoms with van der Waals surface area (Å²) in [5.74, 6) is 0.345. The molecule has 2 aromatic carbocycles. The zero-order valence-electron chi connectivity index (χ0n) is 13.7. The normalized spacial score (nSPS) is 9.77. The number of carbonyl (C=O) groups excluding carboxylic acids is 2. The smallest absolute Gasteiger partial charge is 0.276 e. The summed E-state index contributed by atoms with van der Waals surface area (Å²) >= 11 is 8.25. The topological polar surface area (TPSA) is 88.7 Å². The Morgan fingerprint density at radius 1 is 1.04 bits per heavy atom. The first kappa shape index (κ1) is 19.7. The van der Waals surface area contributed by atoms with E-state index in [1.54, 1.807) is 55.6 Å². The van der Waals surface area contributed by atoms with Crippen LogP contribution in [-0.4, -0.2) is 30.6 Å². The molecular formula is C17H16BrN3O4S. The molecule has 0 aliphatic rings. The quantitative estimate of drug-likeness (QED) is 0.490. The highest BCUT2D eigenvalue weighted by Gasteiger charge is 2.11. The Morgan fingerprint density at radius 3 is 2.35 bits per heavy atom. The first-order chi connectivity index (χ1) is 12.5. The number of nitrogens with one attached hydrogen (secondary N) is 3. The van der Waals surface area contributed by atoms with E-state index in [2.05, 4.69) is 32.1 Å². The van der Waals surface area contributed by atoms with Crippen molar-refractivity contribution in [1.29, 1.82) is 0 Å². The zero-order valence-corrected chi connectivity index (χ0v) is 16.1. The summed E-state index contributed by atoms with van der Waals surface area (Å²) in [4.78, 5) is 23.8. The van der Waals surface area contributed by atoms with Gasteiger partial charge in [-0.25, -0.2) is 0 Å². The van der Waals surface area contributed by atoms with Gasteiger partial charge in [0, 0.05) is 4.47 Å². The summed E-state index contributed by atoms with van der Waals surface area (Å²) in [5.41, 5.74) is 5.20. The van der Waals surface area contributed by atoms with Crippen LogP contribution in [0.1, 0.15) is 10.4 Å². The minimum atomic E-state index is -0.460. The van der Waals surface area contributed by atoms with E-state index in [-0.39, 0.29) is 11.7 Å². The Bertz CT molecular complexity index is 799. The summed E-state index contributed by atoms with van der Waals surface area (Å²) in [5, 5.41) is 2.42. The standard InChI is InChI=1S/C17H16BrN3O4S/c1-24-11-6-8-12(9-7-11)25-10-15(22)20-21-17(26)19-16(23)13-4-2-3-5-14(13)18/h2-9H,10H2,1H3,(H,20,22)(H2,19,21,23,26). The Hall–Kier alpha value is -2.65. The lowest BCUT2D eigenvalue weighted by molar-refractivity contribution is -0.123. The molecular weight excluding hydrogens is 422 g/mol. The molecule has 136 valence electrons. The van der Waals surface area contributed by atoms with Gasteiger partial charge in [0.05, 0.1) is 12.7 Å². The number of benzene rings is 2. The average molecular weight is 438 g/mol. The van der Waals surface area contributed by atoms with Crippen molar-refractivity contribution < 1.29 is 19.1 Å². The molecule has 0 bridgehead atoms. The molecule has 0 saturated heterocycles. The van der Waals surface area contributed by atoms with Crippen molar-refractivity contribution in [2.45, 2.75) is 0 Å². The molecule has 26 heavy (non-hydrogen) atoms. The average Bonchev–Trinajstić information content (AvgIpc) is 2.65. The SMILES string of the molecule is COc1ccc(OCC(=O)NNC(=S)NC(=O)c2ccccc2Br)cc1. The molecule has 0 spiro atoms. The number of thiocarbonyl (C=S) groups is 1. The first-order valence-corrected chi connectivity index (χ1v) is 8.61. The third-order valence-corrected chi connectivity index (χ3v) is 3.99. The Kier molecular flexibility index (Phi) is 7.37. The van der Waals surface area contributed by atoms with Crippen LogP contribution in [0.2, 0.25) is 0 Å². The fraction of sp³-hybridized carbons (Fsp3) is 0.118. The minimum absolute atomic E-state index is 0.0384. The number of hydrazine groups is 1. The van der Waals surface area contributed by atoms with Gasteiger partial charge in [0.2, 0.25) is 0 Å². The van der Waals surface area contributed by atoms with Crippen LogP contribution in [0.15, 0.2) is 53.0 Å². The first-order valence-electron chi connectivity index (χ1n) is 7.41. The number of hydrogen-bond acceptors (Lipinski definition) is 5. The highest BCUT2D eigenvalue weighted by molar-refractivity contribution is 9.10. The maximum atomic E-state index is 12.1. The summed E-state index contributed by atoms with van der Waals surface area (Å²) in [7, 11) is 1.56. The number of carbonyl (C=O) groups is 2. The number of methoxy groups -OCH3 is 1. The van der Waals surface area contributed by atoms with Gasteiger partial charge in [0.25, 0.3) is 11.8 Å². The van der Waals surface area contributed by atoms with E-state index < -0.39 is 11.8 Å². The zero-order chi connectivity index (χ0) is 18.9. The van der Waals surface area contributed by atoms with Gasteiger partial charge in [-0.3, -0.25) is 25.8 Å². The number of rotatable bonds is 5. The number of hydrogen-bond donors (Lipinski definition) is 3. The van der Waals surface area contributed by atoms with Crippen LogP contribution in [0.3, 0.4) is 0 Å². The van der Waals surface area contributed by atoms with E-state index in [1.165, 1.54) is 0 Å². The van der Waals surface area contributed by atoms with Crippen molar-refractivity contribution in [2.75, 3.05) is 13.7 Å². The molecule has 0 heterocycles. The van der Waals surface area contributed by atoms with Crippen LogP contribution in [-0.2, 0) is 4.79 Å². The van der Waals surface area contributed by atoms with Crippen LogP contribution in [0.5, 0.6) is 11.5 Å². The van der Waals surface area contributed by atoms with Gasteiger partial charge >= 0.3 is 0 Å². The summed E-state index contributed by atoms with van der Waals surface area (Å²) < 4.78 is 11.0. The van der Waals surface area contributed by atoms with Crippen molar-refractivity contribution in [3.05, 3.63) is 58.6 Å². The lowest BCUT2D eigenvalue weighted by Gasteiger charge is -2.12. The van der Waals surface area contributed by atoms with Crippen LogP contribution >= 0.6 is 28.1 Å². The lowest BCUT2D eigenvalue weighted by atomic mass is 10.2. The maximum Gasteiger partial charge on any atom is 0.276 e. The molecule has 7 nitrogen and oxygen atoms in total. The largest absolute Gasteiger partial charge is 0.497 e. The molecule has 2 amide bonds. The van der Waals surface area contributed by atoms with Crippen LogP contribution < -0.4 is 25.6 Å². The van der Waals surface area contributed by atoms with Gasteiger partial charge in [-0.2, -0.15) is 0 Å². The van der Waals surface area contributed by atoms with Gasteiger partial charge in [-0.05, 0) is 64.5 Å². The molecule has 0 unspecified atom stereocenters. The molecule has 9 heteroatoms. The van der Waals surface area contributed by atoms with Crippen molar-refractivity contribution in [2.24, 2.45) is 0 Å². The highest BCUT2D eigenvalue weighted by atomic mass is 79.9. The van der Waals surface area contributed by atoms with Gasteiger partial charge in [0.15, 0.2) is 11.7 Å². The number of amides is 2. The third kappa shape index (κ3) is 6.01. The number of halogens is 1. The van der Waals surface area contributed by atoms with Gasteiger partial charge in [-0.1, -0.05) is 12.1 Å². The fourth-order valence-corrected chi connectivity index (χ4v) is 2.44. The summed E-state index contributed by atoms with van der Waals surface area (Å²) in [6.07, 6.45) is 0. The summed E-state index contributed by atoms with van der Waals surface area (Å²) in [6, 6.07) is 13.7. The monoisotopic (exact) mass is 437 g/mol. The van der Waals surface area contributed by atoms with E-state index in [1.807, 2.05) is 0 Å². The van der Waals surface area contributed by atoms with E-state index in [0.717, 1.165) is 0 Å². The number of ether oxygens (including phenoxy) is 2. The molecule has 0 aliphatic carbocycles. The minimum Gasteiger partial charge on any atom is -0.497 e. The van der Waals surface area contributed by atoms with Crippen molar-refractivity contribution in [3.8, 4) is 11.5 Å².